The second kappa shape index (κ2) is 5.47. The highest BCUT2D eigenvalue weighted by Gasteiger charge is 2.25. The van der Waals surface area contributed by atoms with Gasteiger partial charge in [0.15, 0.2) is 0 Å². The Morgan fingerprint density at radius 1 is 1.60 bits per heavy atom. The molecular weight excluding hydrogens is 194 g/mol. The fourth-order valence-electron chi connectivity index (χ4n) is 1.60. The van der Waals surface area contributed by atoms with Crippen molar-refractivity contribution in [3.05, 3.63) is 0 Å². The van der Waals surface area contributed by atoms with Crippen molar-refractivity contribution < 1.29 is 14.6 Å². The van der Waals surface area contributed by atoms with Gasteiger partial charge >= 0.3 is 0 Å². The van der Waals surface area contributed by atoms with Gasteiger partial charge in [-0.2, -0.15) is 0 Å². The lowest BCUT2D eigenvalue weighted by Crippen LogP contribution is -2.38. The van der Waals surface area contributed by atoms with Crippen LogP contribution >= 0.6 is 0 Å². The summed E-state index contributed by atoms with van der Waals surface area (Å²) in [6.07, 6.45) is 1.53. The predicted octanol–water partition coefficient (Wildman–Crippen LogP) is 0.548. The van der Waals surface area contributed by atoms with Gasteiger partial charge in [0.1, 0.15) is 0 Å². The molecule has 4 heteroatoms. The van der Waals surface area contributed by atoms with E-state index in [0.29, 0.717) is 26.2 Å². The Bertz CT molecular complexity index is 210. The maximum Gasteiger partial charge on any atom is 0.225 e. The standard InChI is InChI=1S/C11H21NO3/c1-11(2,4-5-13)8-12-10(14)9-3-6-15-7-9/h9,13H,3-8H2,1-2H3,(H,12,14). The molecule has 1 aliphatic rings. The highest BCUT2D eigenvalue weighted by molar-refractivity contribution is 5.79. The third kappa shape index (κ3) is 4.18. The summed E-state index contributed by atoms with van der Waals surface area (Å²) in [4.78, 5) is 11.6. The fraction of sp³-hybridized carbons (Fsp3) is 0.909. The van der Waals surface area contributed by atoms with Gasteiger partial charge in [0.05, 0.1) is 12.5 Å². The van der Waals surface area contributed by atoms with Crippen LogP contribution in [0.3, 0.4) is 0 Å². The molecule has 0 radical (unpaired) electrons. The second-order valence-electron chi connectivity index (χ2n) is 4.92. The number of hydrogen-bond donors (Lipinski definition) is 2. The molecule has 0 aliphatic carbocycles. The van der Waals surface area contributed by atoms with Gasteiger partial charge in [0.2, 0.25) is 5.91 Å². The molecule has 0 spiro atoms. The van der Waals surface area contributed by atoms with Crippen LogP contribution in [0.15, 0.2) is 0 Å². The van der Waals surface area contributed by atoms with Crippen LogP contribution in [-0.2, 0) is 9.53 Å². The maximum absolute atomic E-state index is 11.6. The number of aliphatic hydroxyl groups excluding tert-OH is 1. The molecule has 1 heterocycles. The maximum atomic E-state index is 11.6. The van der Waals surface area contributed by atoms with E-state index >= 15 is 0 Å². The summed E-state index contributed by atoms with van der Waals surface area (Å²) in [5.41, 5.74) is -0.0378. The van der Waals surface area contributed by atoms with E-state index in [2.05, 4.69) is 5.32 Å². The topological polar surface area (TPSA) is 58.6 Å². The molecule has 88 valence electrons. The first-order valence-corrected chi connectivity index (χ1v) is 5.51. The molecule has 0 aromatic carbocycles. The smallest absolute Gasteiger partial charge is 0.225 e. The van der Waals surface area contributed by atoms with Gasteiger partial charge in [-0.25, -0.2) is 0 Å². The minimum Gasteiger partial charge on any atom is -0.396 e. The monoisotopic (exact) mass is 215 g/mol. The van der Waals surface area contributed by atoms with Crippen molar-refractivity contribution in [3.63, 3.8) is 0 Å². The number of nitrogens with one attached hydrogen (secondary N) is 1. The van der Waals surface area contributed by atoms with E-state index < -0.39 is 0 Å². The van der Waals surface area contributed by atoms with Crippen molar-refractivity contribution in [2.24, 2.45) is 11.3 Å². The van der Waals surface area contributed by atoms with Gasteiger partial charge in [-0.3, -0.25) is 4.79 Å². The van der Waals surface area contributed by atoms with Crippen LogP contribution < -0.4 is 5.32 Å². The lowest BCUT2D eigenvalue weighted by molar-refractivity contribution is -0.125. The van der Waals surface area contributed by atoms with E-state index in [1.807, 2.05) is 13.8 Å². The Morgan fingerprint density at radius 2 is 2.33 bits per heavy atom. The first-order chi connectivity index (χ1) is 7.05. The predicted molar refractivity (Wildman–Crippen MR) is 57.4 cm³/mol. The minimum absolute atomic E-state index is 0.0231. The van der Waals surface area contributed by atoms with Crippen molar-refractivity contribution in [2.45, 2.75) is 26.7 Å². The SMILES string of the molecule is CC(C)(CCO)CNC(=O)C1CCOC1. The van der Waals surface area contributed by atoms with Gasteiger partial charge in [-0.05, 0) is 18.3 Å². The minimum atomic E-state index is -0.0378. The molecule has 1 atom stereocenters. The number of rotatable bonds is 5. The zero-order chi connectivity index (χ0) is 11.3. The highest BCUT2D eigenvalue weighted by Crippen LogP contribution is 2.19. The van der Waals surface area contributed by atoms with Gasteiger partial charge in [-0.15, -0.1) is 0 Å². The average Bonchev–Trinajstić information content (AvgIpc) is 2.67. The number of aliphatic hydroxyl groups is 1. The average molecular weight is 215 g/mol. The Labute approximate surface area is 91.0 Å². The first kappa shape index (κ1) is 12.5. The van der Waals surface area contributed by atoms with Crippen LogP contribution in [0.1, 0.15) is 26.7 Å². The Kier molecular flexibility index (Phi) is 4.54. The second-order valence-corrected chi connectivity index (χ2v) is 4.92. The lowest BCUT2D eigenvalue weighted by Gasteiger charge is -2.24. The summed E-state index contributed by atoms with van der Waals surface area (Å²) < 4.78 is 5.16. The summed E-state index contributed by atoms with van der Waals surface area (Å²) in [5.74, 6) is 0.105. The van der Waals surface area contributed by atoms with E-state index in [0.717, 1.165) is 6.42 Å². The van der Waals surface area contributed by atoms with Crippen LogP contribution in [0.5, 0.6) is 0 Å². The van der Waals surface area contributed by atoms with E-state index in [4.69, 9.17) is 9.84 Å². The molecule has 1 fully saturated rings. The van der Waals surface area contributed by atoms with E-state index in [9.17, 15) is 4.79 Å². The molecule has 0 aromatic heterocycles. The first-order valence-electron chi connectivity index (χ1n) is 5.51. The number of carbonyl (C=O) groups excluding carboxylic acids is 1. The van der Waals surface area contributed by atoms with Gasteiger partial charge in [0, 0.05) is 19.8 Å². The Hall–Kier alpha value is -0.610. The van der Waals surface area contributed by atoms with Gasteiger partial charge < -0.3 is 15.2 Å². The quantitative estimate of drug-likeness (QED) is 0.704. The third-order valence-corrected chi connectivity index (χ3v) is 2.83. The molecule has 0 bridgehead atoms. The van der Waals surface area contributed by atoms with Crippen LogP contribution in [-0.4, -0.2) is 37.4 Å². The zero-order valence-corrected chi connectivity index (χ0v) is 9.58. The van der Waals surface area contributed by atoms with E-state index in [1.165, 1.54) is 0 Å². The molecule has 1 aliphatic heterocycles. The number of amides is 1. The molecule has 1 saturated heterocycles. The molecular formula is C11H21NO3. The number of ether oxygens (including phenoxy) is 1. The summed E-state index contributed by atoms with van der Waals surface area (Å²) in [6, 6.07) is 0. The number of carbonyl (C=O) groups is 1. The summed E-state index contributed by atoms with van der Waals surface area (Å²) in [7, 11) is 0. The molecule has 4 nitrogen and oxygen atoms in total. The molecule has 0 saturated carbocycles. The van der Waals surface area contributed by atoms with Crippen molar-refractivity contribution in [3.8, 4) is 0 Å². The van der Waals surface area contributed by atoms with E-state index in [1.54, 1.807) is 0 Å². The van der Waals surface area contributed by atoms with E-state index in [-0.39, 0.29) is 23.8 Å². The number of hydrogen-bond acceptors (Lipinski definition) is 3. The van der Waals surface area contributed by atoms with Crippen LogP contribution in [0, 0.1) is 11.3 Å². The lowest BCUT2D eigenvalue weighted by atomic mass is 9.89. The summed E-state index contributed by atoms with van der Waals surface area (Å²) >= 11 is 0. The summed E-state index contributed by atoms with van der Waals surface area (Å²) in [6.45, 7) is 6.09. The third-order valence-electron chi connectivity index (χ3n) is 2.83. The highest BCUT2D eigenvalue weighted by atomic mass is 16.5. The van der Waals surface area contributed by atoms with Crippen molar-refractivity contribution in [1.82, 2.24) is 5.32 Å². The largest absolute Gasteiger partial charge is 0.396 e. The normalized spacial score (nSPS) is 21.7. The summed E-state index contributed by atoms with van der Waals surface area (Å²) in [5, 5.41) is 11.8. The Balaban J connectivity index is 2.26. The van der Waals surface area contributed by atoms with Crippen LogP contribution in [0.2, 0.25) is 0 Å². The molecule has 1 amide bonds. The molecule has 0 aromatic rings. The van der Waals surface area contributed by atoms with Crippen molar-refractivity contribution in [1.29, 1.82) is 0 Å². The molecule has 1 unspecified atom stereocenters. The molecule has 2 N–H and O–H groups in total. The van der Waals surface area contributed by atoms with Crippen molar-refractivity contribution >= 4 is 5.91 Å². The Morgan fingerprint density at radius 3 is 2.87 bits per heavy atom. The zero-order valence-electron chi connectivity index (χ0n) is 9.58. The van der Waals surface area contributed by atoms with Gasteiger partial charge in [0.25, 0.3) is 0 Å². The molecule has 15 heavy (non-hydrogen) atoms. The van der Waals surface area contributed by atoms with Crippen LogP contribution in [0.4, 0.5) is 0 Å². The van der Waals surface area contributed by atoms with Gasteiger partial charge in [-0.1, -0.05) is 13.8 Å². The van der Waals surface area contributed by atoms with Crippen LogP contribution in [0.25, 0.3) is 0 Å². The fourth-order valence-corrected chi connectivity index (χ4v) is 1.60. The molecule has 1 rings (SSSR count). The van der Waals surface area contributed by atoms with Crippen molar-refractivity contribution in [2.75, 3.05) is 26.4 Å².